The maximum absolute atomic E-state index is 12.3. The standard InChI is InChI=1S/C15H23NO/c1-4-11-16(12-5-2)15(17)14-9-7-13(6-3)8-10-14/h7-10H,4-6,11-12H2,1-3H3. The van der Waals surface area contributed by atoms with Gasteiger partial charge in [0.2, 0.25) is 0 Å². The first kappa shape index (κ1) is 13.8. The van der Waals surface area contributed by atoms with Gasteiger partial charge in [0.05, 0.1) is 0 Å². The predicted octanol–water partition coefficient (Wildman–Crippen LogP) is 3.51. The normalized spacial score (nSPS) is 10.3. The summed E-state index contributed by atoms with van der Waals surface area (Å²) in [5.74, 6) is 0.163. The van der Waals surface area contributed by atoms with E-state index in [0.29, 0.717) is 0 Å². The van der Waals surface area contributed by atoms with Crippen LogP contribution in [-0.4, -0.2) is 23.9 Å². The van der Waals surface area contributed by atoms with Crippen LogP contribution in [-0.2, 0) is 6.42 Å². The van der Waals surface area contributed by atoms with Gasteiger partial charge in [-0.1, -0.05) is 32.9 Å². The van der Waals surface area contributed by atoms with Crippen LogP contribution in [0.2, 0.25) is 0 Å². The van der Waals surface area contributed by atoms with Gasteiger partial charge in [0.1, 0.15) is 0 Å². The number of hydrogen-bond donors (Lipinski definition) is 0. The van der Waals surface area contributed by atoms with Gasteiger partial charge < -0.3 is 4.90 Å². The third-order valence-corrected chi connectivity index (χ3v) is 2.88. The van der Waals surface area contributed by atoms with Gasteiger partial charge >= 0.3 is 0 Å². The van der Waals surface area contributed by atoms with Crippen molar-refractivity contribution in [2.45, 2.75) is 40.0 Å². The largest absolute Gasteiger partial charge is 0.339 e. The van der Waals surface area contributed by atoms with E-state index in [1.54, 1.807) is 0 Å². The fraction of sp³-hybridized carbons (Fsp3) is 0.533. The number of carbonyl (C=O) groups excluding carboxylic acids is 1. The van der Waals surface area contributed by atoms with Crippen molar-refractivity contribution in [2.24, 2.45) is 0 Å². The van der Waals surface area contributed by atoms with Crippen molar-refractivity contribution in [1.82, 2.24) is 4.90 Å². The Morgan fingerprint density at radius 3 is 1.94 bits per heavy atom. The molecule has 17 heavy (non-hydrogen) atoms. The van der Waals surface area contributed by atoms with E-state index in [0.717, 1.165) is 37.9 Å². The Bertz CT molecular complexity index is 336. The molecule has 0 aliphatic carbocycles. The number of aryl methyl sites for hydroxylation is 1. The fourth-order valence-electron chi connectivity index (χ4n) is 1.92. The van der Waals surface area contributed by atoms with Gasteiger partial charge in [-0.25, -0.2) is 0 Å². The lowest BCUT2D eigenvalue weighted by Gasteiger charge is -2.21. The van der Waals surface area contributed by atoms with Crippen molar-refractivity contribution in [3.8, 4) is 0 Å². The minimum absolute atomic E-state index is 0.163. The number of nitrogens with zero attached hydrogens (tertiary/aromatic N) is 1. The molecule has 0 spiro atoms. The average molecular weight is 233 g/mol. The topological polar surface area (TPSA) is 20.3 Å². The van der Waals surface area contributed by atoms with Gasteiger partial charge in [-0.05, 0) is 37.0 Å². The zero-order chi connectivity index (χ0) is 12.7. The SMILES string of the molecule is CCCN(CCC)C(=O)c1ccc(CC)cc1. The zero-order valence-electron chi connectivity index (χ0n) is 11.2. The highest BCUT2D eigenvalue weighted by Gasteiger charge is 2.13. The summed E-state index contributed by atoms with van der Waals surface area (Å²) in [5, 5.41) is 0. The van der Waals surface area contributed by atoms with Gasteiger partial charge in [-0.15, -0.1) is 0 Å². The van der Waals surface area contributed by atoms with E-state index in [4.69, 9.17) is 0 Å². The Kier molecular flexibility index (Phi) is 5.75. The van der Waals surface area contributed by atoms with Crippen LogP contribution in [0.15, 0.2) is 24.3 Å². The molecule has 0 aliphatic rings. The van der Waals surface area contributed by atoms with Crippen molar-refractivity contribution < 1.29 is 4.79 Å². The molecule has 1 rings (SSSR count). The van der Waals surface area contributed by atoms with E-state index < -0.39 is 0 Å². The second-order valence-corrected chi connectivity index (χ2v) is 4.34. The molecule has 0 bridgehead atoms. The molecule has 0 unspecified atom stereocenters. The quantitative estimate of drug-likeness (QED) is 0.736. The smallest absolute Gasteiger partial charge is 0.253 e. The van der Waals surface area contributed by atoms with Crippen molar-refractivity contribution >= 4 is 5.91 Å². The lowest BCUT2D eigenvalue weighted by Crippen LogP contribution is -2.32. The van der Waals surface area contributed by atoms with E-state index >= 15 is 0 Å². The Hall–Kier alpha value is -1.31. The first-order valence-corrected chi connectivity index (χ1v) is 6.61. The maximum Gasteiger partial charge on any atom is 0.253 e. The molecule has 0 aliphatic heterocycles. The van der Waals surface area contributed by atoms with Crippen LogP contribution in [0, 0.1) is 0 Å². The Labute approximate surface area is 105 Å². The highest BCUT2D eigenvalue weighted by atomic mass is 16.2. The molecule has 0 heterocycles. The predicted molar refractivity (Wildman–Crippen MR) is 72.3 cm³/mol. The molecule has 0 N–H and O–H groups in total. The lowest BCUT2D eigenvalue weighted by molar-refractivity contribution is 0.0755. The monoisotopic (exact) mass is 233 g/mol. The van der Waals surface area contributed by atoms with E-state index in [-0.39, 0.29) is 5.91 Å². The third kappa shape index (κ3) is 3.88. The number of amides is 1. The molecule has 0 fully saturated rings. The summed E-state index contributed by atoms with van der Waals surface area (Å²) < 4.78 is 0. The maximum atomic E-state index is 12.3. The van der Waals surface area contributed by atoms with E-state index in [1.165, 1.54) is 5.56 Å². The summed E-state index contributed by atoms with van der Waals surface area (Å²) in [6.45, 7) is 8.04. The molecule has 2 heteroatoms. The molecule has 1 aromatic carbocycles. The van der Waals surface area contributed by atoms with Crippen molar-refractivity contribution in [3.05, 3.63) is 35.4 Å². The summed E-state index contributed by atoms with van der Waals surface area (Å²) in [6.07, 6.45) is 3.04. The van der Waals surface area contributed by atoms with Crippen LogP contribution < -0.4 is 0 Å². The molecular weight excluding hydrogens is 210 g/mol. The lowest BCUT2D eigenvalue weighted by atomic mass is 10.1. The van der Waals surface area contributed by atoms with Crippen molar-refractivity contribution in [1.29, 1.82) is 0 Å². The van der Waals surface area contributed by atoms with Crippen LogP contribution in [0.5, 0.6) is 0 Å². The van der Waals surface area contributed by atoms with Crippen molar-refractivity contribution in [3.63, 3.8) is 0 Å². The van der Waals surface area contributed by atoms with Crippen molar-refractivity contribution in [2.75, 3.05) is 13.1 Å². The van der Waals surface area contributed by atoms with Crippen LogP contribution >= 0.6 is 0 Å². The number of benzene rings is 1. The van der Waals surface area contributed by atoms with Gasteiger partial charge in [0.25, 0.3) is 5.91 Å². The highest BCUT2D eigenvalue weighted by molar-refractivity contribution is 5.94. The Morgan fingerprint density at radius 1 is 1.00 bits per heavy atom. The second-order valence-electron chi connectivity index (χ2n) is 4.34. The van der Waals surface area contributed by atoms with Gasteiger partial charge in [0, 0.05) is 18.7 Å². The molecule has 0 saturated heterocycles. The summed E-state index contributed by atoms with van der Waals surface area (Å²) in [6, 6.07) is 7.98. The summed E-state index contributed by atoms with van der Waals surface area (Å²) in [4.78, 5) is 14.2. The van der Waals surface area contributed by atoms with Crippen LogP contribution in [0.3, 0.4) is 0 Å². The van der Waals surface area contributed by atoms with Crippen LogP contribution in [0.1, 0.15) is 49.5 Å². The van der Waals surface area contributed by atoms with Crippen LogP contribution in [0.25, 0.3) is 0 Å². The van der Waals surface area contributed by atoms with Gasteiger partial charge in [-0.2, -0.15) is 0 Å². The van der Waals surface area contributed by atoms with Gasteiger partial charge in [0.15, 0.2) is 0 Å². The van der Waals surface area contributed by atoms with Gasteiger partial charge in [-0.3, -0.25) is 4.79 Å². The summed E-state index contributed by atoms with van der Waals surface area (Å²) in [7, 11) is 0. The zero-order valence-corrected chi connectivity index (χ0v) is 11.2. The van der Waals surface area contributed by atoms with Crippen LogP contribution in [0.4, 0.5) is 0 Å². The molecule has 0 saturated carbocycles. The van der Waals surface area contributed by atoms with E-state index in [2.05, 4.69) is 20.8 Å². The van der Waals surface area contributed by atoms with E-state index in [1.807, 2.05) is 29.2 Å². The fourth-order valence-corrected chi connectivity index (χ4v) is 1.92. The average Bonchev–Trinajstić information content (AvgIpc) is 2.38. The molecule has 94 valence electrons. The molecule has 1 aromatic rings. The molecule has 2 nitrogen and oxygen atoms in total. The molecule has 1 amide bonds. The third-order valence-electron chi connectivity index (χ3n) is 2.88. The summed E-state index contributed by atoms with van der Waals surface area (Å²) in [5.41, 5.74) is 2.09. The first-order chi connectivity index (χ1) is 8.22. The molecule has 0 aromatic heterocycles. The minimum atomic E-state index is 0.163. The number of hydrogen-bond acceptors (Lipinski definition) is 1. The summed E-state index contributed by atoms with van der Waals surface area (Å²) >= 11 is 0. The highest BCUT2D eigenvalue weighted by Crippen LogP contribution is 2.09. The Morgan fingerprint density at radius 2 is 1.53 bits per heavy atom. The van der Waals surface area contributed by atoms with E-state index in [9.17, 15) is 4.79 Å². The Balaban J connectivity index is 2.77. The number of carbonyl (C=O) groups is 1. The first-order valence-electron chi connectivity index (χ1n) is 6.61. The molecular formula is C15H23NO. The number of rotatable bonds is 6. The minimum Gasteiger partial charge on any atom is -0.339 e. The molecule has 0 atom stereocenters. The molecule has 0 radical (unpaired) electrons. The second kappa shape index (κ2) is 7.10.